The van der Waals surface area contributed by atoms with Crippen LogP contribution in [0.4, 0.5) is 0 Å². The summed E-state index contributed by atoms with van der Waals surface area (Å²) < 4.78 is 0. The van der Waals surface area contributed by atoms with Gasteiger partial charge in [0.1, 0.15) is 5.75 Å². The predicted octanol–water partition coefficient (Wildman–Crippen LogP) is 2.48. The van der Waals surface area contributed by atoms with Crippen LogP contribution in [0.2, 0.25) is 0 Å². The van der Waals surface area contributed by atoms with Crippen molar-refractivity contribution in [2.24, 2.45) is 0 Å². The average molecular weight is 288 g/mol. The first-order valence-electron chi connectivity index (χ1n) is 8.07. The molecule has 2 fully saturated rings. The van der Waals surface area contributed by atoms with E-state index in [1.165, 1.54) is 32.4 Å². The standard InChI is InChI=1S/C17H24N2O2/c20-16-7-3-2-6-15(16)17(21)19-12-8-14(9-13-19)18-10-4-1-5-11-18/h2-3,6-7,14,20H,1,4-5,8-13H2. The minimum Gasteiger partial charge on any atom is -0.507 e. The van der Waals surface area contributed by atoms with E-state index in [4.69, 9.17) is 0 Å². The van der Waals surface area contributed by atoms with E-state index in [9.17, 15) is 9.90 Å². The van der Waals surface area contributed by atoms with Gasteiger partial charge >= 0.3 is 0 Å². The molecule has 4 heteroatoms. The van der Waals surface area contributed by atoms with E-state index >= 15 is 0 Å². The zero-order valence-electron chi connectivity index (χ0n) is 12.5. The molecule has 2 heterocycles. The summed E-state index contributed by atoms with van der Waals surface area (Å²) in [5.74, 6) is 0.0471. The maximum absolute atomic E-state index is 12.5. The Labute approximate surface area is 126 Å². The van der Waals surface area contributed by atoms with Gasteiger partial charge in [0.15, 0.2) is 0 Å². The van der Waals surface area contributed by atoms with Gasteiger partial charge in [-0.25, -0.2) is 0 Å². The number of benzene rings is 1. The first kappa shape index (κ1) is 14.4. The molecule has 0 atom stereocenters. The molecule has 0 radical (unpaired) electrons. The Hall–Kier alpha value is -1.55. The lowest BCUT2D eigenvalue weighted by atomic mass is 9.99. The second-order valence-electron chi connectivity index (χ2n) is 6.14. The quantitative estimate of drug-likeness (QED) is 0.909. The van der Waals surface area contributed by atoms with E-state index in [0.29, 0.717) is 11.6 Å². The van der Waals surface area contributed by atoms with Crippen LogP contribution in [-0.2, 0) is 0 Å². The van der Waals surface area contributed by atoms with Gasteiger partial charge in [0.05, 0.1) is 5.56 Å². The molecular formula is C17H24N2O2. The van der Waals surface area contributed by atoms with Crippen molar-refractivity contribution in [1.29, 1.82) is 0 Å². The first-order chi connectivity index (χ1) is 10.3. The Morgan fingerprint density at radius 3 is 2.33 bits per heavy atom. The molecule has 0 saturated carbocycles. The topological polar surface area (TPSA) is 43.8 Å². The summed E-state index contributed by atoms with van der Waals surface area (Å²) >= 11 is 0. The van der Waals surface area contributed by atoms with E-state index in [0.717, 1.165) is 25.9 Å². The normalized spacial score (nSPS) is 21.4. The molecule has 2 saturated heterocycles. The molecular weight excluding hydrogens is 264 g/mol. The van der Waals surface area contributed by atoms with Crippen LogP contribution in [-0.4, -0.2) is 53.0 Å². The van der Waals surface area contributed by atoms with Gasteiger partial charge in [-0.3, -0.25) is 4.79 Å². The van der Waals surface area contributed by atoms with Crippen LogP contribution in [0.1, 0.15) is 42.5 Å². The van der Waals surface area contributed by atoms with Crippen LogP contribution in [0.3, 0.4) is 0 Å². The molecule has 0 aromatic heterocycles. The van der Waals surface area contributed by atoms with Crippen LogP contribution < -0.4 is 0 Å². The van der Waals surface area contributed by atoms with Crippen molar-refractivity contribution in [2.45, 2.75) is 38.1 Å². The highest BCUT2D eigenvalue weighted by molar-refractivity contribution is 5.96. The van der Waals surface area contributed by atoms with Crippen LogP contribution in [0.15, 0.2) is 24.3 Å². The molecule has 0 aliphatic carbocycles. The highest BCUT2D eigenvalue weighted by Crippen LogP contribution is 2.24. The first-order valence-corrected chi connectivity index (χ1v) is 8.07. The van der Waals surface area contributed by atoms with Gasteiger partial charge < -0.3 is 14.9 Å². The molecule has 0 spiro atoms. The number of carbonyl (C=O) groups is 1. The highest BCUT2D eigenvalue weighted by atomic mass is 16.3. The number of rotatable bonds is 2. The molecule has 1 N–H and O–H groups in total. The fourth-order valence-electron chi connectivity index (χ4n) is 3.54. The minimum absolute atomic E-state index is 0.0369. The lowest BCUT2D eigenvalue weighted by molar-refractivity contribution is 0.0587. The Morgan fingerprint density at radius 1 is 1.00 bits per heavy atom. The zero-order chi connectivity index (χ0) is 14.7. The number of hydrogen-bond acceptors (Lipinski definition) is 3. The maximum atomic E-state index is 12.5. The molecule has 0 bridgehead atoms. The molecule has 2 aliphatic heterocycles. The van der Waals surface area contributed by atoms with Crippen molar-refractivity contribution < 1.29 is 9.90 Å². The summed E-state index contributed by atoms with van der Waals surface area (Å²) in [6.07, 6.45) is 6.11. The van der Waals surface area contributed by atoms with E-state index in [2.05, 4.69) is 4.90 Å². The predicted molar refractivity (Wildman–Crippen MR) is 82.5 cm³/mol. The van der Waals surface area contributed by atoms with Crippen molar-refractivity contribution in [3.05, 3.63) is 29.8 Å². The number of amides is 1. The molecule has 1 amide bonds. The third-order valence-corrected chi connectivity index (χ3v) is 4.79. The van der Waals surface area contributed by atoms with Gasteiger partial charge in [-0.2, -0.15) is 0 Å². The molecule has 4 nitrogen and oxygen atoms in total. The van der Waals surface area contributed by atoms with Crippen LogP contribution in [0, 0.1) is 0 Å². The summed E-state index contributed by atoms with van der Waals surface area (Å²) in [5, 5.41) is 9.81. The third kappa shape index (κ3) is 3.21. The summed E-state index contributed by atoms with van der Waals surface area (Å²) in [6.45, 7) is 4.04. The van der Waals surface area contributed by atoms with Gasteiger partial charge in [0.2, 0.25) is 0 Å². The summed E-state index contributed by atoms with van der Waals surface area (Å²) in [7, 11) is 0. The highest BCUT2D eigenvalue weighted by Gasteiger charge is 2.28. The van der Waals surface area contributed by atoms with Gasteiger partial charge in [0, 0.05) is 19.1 Å². The minimum atomic E-state index is -0.0369. The average Bonchev–Trinajstić information content (AvgIpc) is 2.56. The maximum Gasteiger partial charge on any atom is 0.257 e. The van der Waals surface area contributed by atoms with Crippen molar-refractivity contribution >= 4 is 5.91 Å². The number of hydrogen-bond donors (Lipinski definition) is 1. The number of aromatic hydroxyl groups is 1. The van der Waals surface area contributed by atoms with Gasteiger partial charge in [-0.05, 0) is 50.9 Å². The van der Waals surface area contributed by atoms with E-state index in [1.54, 1.807) is 24.3 Å². The van der Waals surface area contributed by atoms with Crippen molar-refractivity contribution in [2.75, 3.05) is 26.2 Å². The number of phenolic OH excluding ortho intramolecular Hbond substituents is 1. The largest absolute Gasteiger partial charge is 0.507 e. The molecule has 0 unspecified atom stereocenters. The Kier molecular flexibility index (Phi) is 4.44. The van der Waals surface area contributed by atoms with E-state index in [1.807, 2.05) is 4.90 Å². The Bertz CT molecular complexity index is 489. The molecule has 2 aliphatic rings. The SMILES string of the molecule is O=C(c1ccccc1O)N1CCC(N2CCCCC2)CC1. The van der Waals surface area contributed by atoms with Crippen molar-refractivity contribution in [3.8, 4) is 5.75 Å². The fourth-order valence-corrected chi connectivity index (χ4v) is 3.54. The number of likely N-dealkylation sites (tertiary alicyclic amines) is 2. The fraction of sp³-hybridized carbons (Fsp3) is 0.588. The van der Waals surface area contributed by atoms with Crippen molar-refractivity contribution in [3.63, 3.8) is 0 Å². The zero-order valence-corrected chi connectivity index (χ0v) is 12.5. The summed E-state index contributed by atoms with van der Waals surface area (Å²) in [4.78, 5) is 16.9. The third-order valence-electron chi connectivity index (χ3n) is 4.79. The lowest BCUT2D eigenvalue weighted by Crippen LogP contribution is -2.48. The van der Waals surface area contributed by atoms with Gasteiger partial charge in [-0.1, -0.05) is 18.6 Å². The summed E-state index contributed by atoms with van der Waals surface area (Å²) in [5.41, 5.74) is 0.425. The van der Waals surface area contributed by atoms with Crippen LogP contribution in [0.25, 0.3) is 0 Å². The molecule has 1 aromatic carbocycles. The van der Waals surface area contributed by atoms with Crippen molar-refractivity contribution in [1.82, 2.24) is 9.80 Å². The Morgan fingerprint density at radius 2 is 1.67 bits per heavy atom. The number of carbonyl (C=O) groups excluding carboxylic acids is 1. The second-order valence-corrected chi connectivity index (χ2v) is 6.14. The summed E-state index contributed by atoms with van der Waals surface area (Å²) in [6, 6.07) is 7.46. The molecule has 3 rings (SSSR count). The molecule has 1 aromatic rings. The number of nitrogens with zero attached hydrogens (tertiary/aromatic N) is 2. The van der Waals surface area contributed by atoms with Gasteiger partial charge in [0.25, 0.3) is 5.91 Å². The van der Waals surface area contributed by atoms with E-state index in [-0.39, 0.29) is 11.7 Å². The van der Waals surface area contributed by atoms with E-state index < -0.39 is 0 Å². The molecule has 114 valence electrons. The smallest absolute Gasteiger partial charge is 0.257 e. The Balaban J connectivity index is 1.58. The lowest BCUT2D eigenvalue weighted by Gasteiger charge is -2.40. The second kappa shape index (κ2) is 6.48. The number of piperidine rings is 2. The molecule has 21 heavy (non-hydrogen) atoms. The monoisotopic (exact) mass is 288 g/mol. The number of phenols is 1. The number of para-hydroxylation sites is 1. The van der Waals surface area contributed by atoms with Crippen LogP contribution >= 0.6 is 0 Å². The van der Waals surface area contributed by atoms with Crippen LogP contribution in [0.5, 0.6) is 5.75 Å². The van der Waals surface area contributed by atoms with Gasteiger partial charge in [-0.15, -0.1) is 0 Å².